The lowest BCUT2D eigenvalue weighted by molar-refractivity contribution is 0.519. The molecule has 1 aromatic rings. The van der Waals surface area contributed by atoms with Gasteiger partial charge in [-0.15, -0.1) is 16.7 Å². The average molecular weight is 220 g/mol. The lowest BCUT2D eigenvalue weighted by Gasteiger charge is -2.06. The van der Waals surface area contributed by atoms with Crippen LogP contribution in [0.15, 0.2) is 4.42 Å². The molecular formula is C7H10ClN3OS. The van der Waals surface area contributed by atoms with E-state index in [9.17, 15) is 0 Å². The van der Waals surface area contributed by atoms with Crippen LogP contribution in [0.2, 0.25) is 0 Å². The first kappa shape index (κ1) is 9.15. The molecule has 0 aliphatic carbocycles. The fourth-order valence-electron chi connectivity index (χ4n) is 1.19. The maximum absolute atomic E-state index is 5.53. The molecule has 2 heterocycles. The second kappa shape index (κ2) is 4.19. The minimum atomic E-state index is 0.272. The van der Waals surface area contributed by atoms with Crippen LogP contribution in [0.5, 0.6) is 0 Å². The highest BCUT2D eigenvalue weighted by Crippen LogP contribution is 2.20. The van der Waals surface area contributed by atoms with Crippen LogP contribution in [-0.4, -0.2) is 27.7 Å². The van der Waals surface area contributed by atoms with E-state index in [-0.39, 0.29) is 5.88 Å². The monoisotopic (exact) mass is 219 g/mol. The van der Waals surface area contributed by atoms with Crippen molar-refractivity contribution in [3.05, 3.63) is 5.89 Å². The van der Waals surface area contributed by atoms with Crippen molar-refractivity contribution in [2.45, 2.75) is 18.3 Å². The van der Waals surface area contributed by atoms with Crippen LogP contribution in [0.4, 0.5) is 6.01 Å². The molecule has 1 aromatic heterocycles. The van der Waals surface area contributed by atoms with Gasteiger partial charge in [0.2, 0.25) is 5.89 Å². The summed E-state index contributed by atoms with van der Waals surface area (Å²) in [5, 5.41) is 10.8. The summed E-state index contributed by atoms with van der Waals surface area (Å²) in [5.74, 6) is 3.05. The second-order valence-electron chi connectivity index (χ2n) is 2.84. The molecule has 0 radical (unpaired) electrons. The molecule has 0 spiro atoms. The summed E-state index contributed by atoms with van der Waals surface area (Å²) in [6.45, 7) is 0. The fraction of sp³-hybridized carbons (Fsp3) is 0.714. The number of hydrogen-bond donors (Lipinski definition) is 1. The summed E-state index contributed by atoms with van der Waals surface area (Å²) in [7, 11) is 0. The topological polar surface area (TPSA) is 51.0 Å². The van der Waals surface area contributed by atoms with Gasteiger partial charge in [-0.1, -0.05) is 5.10 Å². The molecule has 1 atom stereocenters. The molecule has 1 aliphatic heterocycles. The van der Waals surface area contributed by atoms with Crippen LogP contribution in [0.25, 0.3) is 0 Å². The molecule has 0 aromatic carbocycles. The first-order valence-electron chi connectivity index (χ1n) is 4.11. The van der Waals surface area contributed by atoms with Crippen molar-refractivity contribution < 1.29 is 4.42 Å². The lowest BCUT2D eigenvalue weighted by atomic mass is 10.3. The Morgan fingerprint density at radius 2 is 2.54 bits per heavy atom. The van der Waals surface area contributed by atoms with Gasteiger partial charge in [-0.2, -0.15) is 11.8 Å². The molecule has 0 bridgehead atoms. The van der Waals surface area contributed by atoms with Crippen molar-refractivity contribution in [2.75, 3.05) is 16.8 Å². The Bertz CT molecular complexity index is 274. The van der Waals surface area contributed by atoms with Crippen LogP contribution in [-0.2, 0) is 5.88 Å². The molecule has 4 nitrogen and oxygen atoms in total. The summed E-state index contributed by atoms with van der Waals surface area (Å²) < 4.78 is 5.22. The van der Waals surface area contributed by atoms with Crippen molar-refractivity contribution in [3.63, 3.8) is 0 Å². The van der Waals surface area contributed by atoms with Crippen LogP contribution in [0, 0.1) is 0 Å². The molecular weight excluding hydrogens is 210 g/mol. The molecule has 1 N–H and O–H groups in total. The third kappa shape index (κ3) is 2.28. The van der Waals surface area contributed by atoms with Gasteiger partial charge in [0.1, 0.15) is 5.88 Å². The molecule has 1 aliphatic rings. The van der Waals surface area contributed by atoms with Crippen molar-refractivity contribution in [2.24, 2.45) is 0 Å². The van der Waals surface area contributed by atoms with E-state index in [1.807, 2.05) is 11.8 Å². The standard InChI is InChI=1S/C7H10ClN3OS/c8-3-6-10-11-7(12-6)9-5-1-2-13-4-5/h5H,1-4H2,(H,9,11). The zero-order valence-electron chi connectivity index (χ0n) is 6.99. The Hall–Kier alpha value is -0.420. The van der Waals surface area contributed by atoms with E-state index >= 15 is 0 Å². The molecule has 1 saturated heterocycles. The minimum Gasteiger partial charge on any atom is -0.407 e. The zero-order chi connectivity index (χ0) is 9.10. The Morgan fingerprint density at radius 3 is 3.15 bits per heavy atom. The smallest absolute Gasteiger partial charge is 0.315 e. The quantitative estimate of drug-likeness (QED) is 0.785. The summed E-state index contributed by atoms with van der Waals surface area (Å²) in [6, 6.07) is 0.955. The fourth-order valence-corrected chi connectivity index (χ4v) is 2.45. The van der Waals surface area contributed by atoms with Crippen molar-refractivity contribution >= 4 is 29.4 Å². The van der Waals surface area contributed by atoms with E-state index in [0.717, 1.165) is 12.2 Å². The van der Waals surface area contributed by atoms with Crippen molar-refractivity contribution in [1.82, 2.24) is 10.2 Å². The highest BCUT2D eigenvalue weighted by atomic mass is 35.5. The van der Waals surface area contributed by atoms with Gasteiger partial charge in [0.25, 0.3) is 0 Å². The second-order valence-corrected chi connectivity index (χ2v) is 4.26. The first-order chi connectivity index (χ1) is 6.38. The van der Waals surface area contributed by atoms with E-state index in [0.29, 0.717) is 17.9 Å². The van der Waals surface area contributed by atoms with Gasteiger partial charge < -0.3 is 9.73 Å². The molecule has 1 unspecified atom stereocenters. The predicted octanol–water partition coefficient (Wildman–Crippen LogP) is 1.73. The van der Waals surface area contributed by atoms with Crippen molar-refractivity contribution in [3.8, 4) is 0 Å². The molecule has 6 heteroatoms. The van der Waals surface area contributed by atoms with Gasteiger partial charge in [0.05, 0.1) is 0 Å². The van der Waals surface area contributed by atoms with E-state index in [1.54, 1.807) is 0 Å². The predicted molar refractivity (Wildman–Crippen MR) is 53.2 cm³/mol. The average Bonchev–Trinajstić information content (AvgIpc) is 2.76. The number of aromatic nitrogens is 2. The number of hydrogen-bond acceptors (Lipinski definition) is 5. The number of rotatable bonds is 3. The zero-order valence-corrected chi connectivity index (χ0v) is 8.57. The lowest BCUT2D eigenvalue weighted by Crippen LogP contribution is -2.18. The van der Waals surface area contributed by atoms with Gasteiger partial charge >= 0.3 is 6.01 Å². The van der Waals surface area contributed by atoms with E-state index < -0.39 is 0 Å². The number of nitrogens with one attached hydrogen (secondary N) is 1. The summed E-state index contributed by atoms with van der Waals surface area (Å²) in [6.07, 6.45) is 1.16. The number of thioether (sulfide) groups is 1. The van der Waals surface area contributed by atoms with E-state index in [1.165, 1.54) is 5.75 Å². The maximum Gasteiger partial charge on any atom is 0.315 e. The summed E-state index contributed by atoms with van der Waals surface area (Å²) >= 11 is 7.46. The Morgan fingerprint density at radius 1 is 1.62 bits per heavy atom. The third-order valence-electron chi connectivity index (χ3n) is 1.84. The SMILES string of the molecule is ClCc1nnc(NC2CCSC2)o1. The number of alkyl halides is 1. The molecule has 13 heavy (non-hydrogen) atoms. The third-order valence-corrected chi connectivity index (χ3v) is 3.23. The summed E-state index contributed by atoms with van der Waals surface area (Å²) in [5.41, 5.74) is 0. The Labute approximate surface area is 85.4 Å². The summed E-state index contributed by atoms with van der Waals surface area (Å²) in [4.78, 5) is 0. The van der Waals surface area contributed by atoms with Gasteiger partial charge in [-0.05, 0) is 12.2 Å². The van der Waals surface area contributed by atoms with E-state index in [2.05, 4.69) is 15.5 Å². The molecule has 0 amide bonds. The Kier molecular flexibility index (Phi) is 2.95. The number of halogens is 1. The molecule has 2 rings (SSSR count). The number of nitrogens with zero attached hydrogens (tertiary/aromatic N) is 2. The molecule has 1 fully saturated rings. The van der Waals surface area contributed by atoms with Crippen molar-refractivity contribution in [1.29, 1.82) is 0 Å². The highest BCUT2D eigenvalue weighted by Gasteiger charge is 2.17. The van der Waals surface area contributed by atoms with Gasteiger partial charge in [-0.25, -0.2) is 0 Å². The largest absolute Gasteiger partial charge is 0.407 e. The molecule has 0 saturated carbocycles. The van der Waals surface area contributed by atoms with Crippen LogP contribution >= 0.6 is 23.4 Å². The van der Waals surface area contributed by atoms with Gasteiger partial charge in [0.15, 0.2) is 0 Å². The maximum atomic E-state index is 5.53. The van der Waals surface area contributed by atoms with Crippen LogP contribution in [0.3, 0.4) is 0 Å². The first-order valence-corrected chi connectivity index (χ1v) is 5.80. The minimum absolute atomic E-state index is 0.272. The van der Waals surface area contributed by atoms with E-state index in [4.69, 9.17) is 16.0 Å². The van der Waals surface area contributed by atoms with Gasteiger partial charge in [0, 0.05) is 11.8 Å². The van der Waals surface area contributed by atoms with Crippen LogP contribution in [0.1, 0.15) is 12.3 Å². The van der Waals surface area contributed by atoms with Crippen LogP contribution < -0.4 is 5.32 Å². The number of anilines is 1. The Balaban J connectivity index is 1.92. The highest BCUT2D eigenvalue weighted by molar-refractivity contribution is 7.99. The molecule has 72 valence electrons. The van der Waals surface area contributed by atoms with Gasteiger partial charge in [-0.3, -0.25) is 0 Å². The normalized spacial score (nSPS) is 22.1.